The van der Waals surface area contributed by atoms with E-state index >= 15 is 0 Å². The number of furan rings is 1. The van der Waals surface area contributed by atoms with E-state index in [0.29, 0.717) is 5.92 Å². The van der Waals surface area contributed by atoms with Crippen molar-refractivity contribution >= 4 is 22.1 Å². The molecule has 0 spiro atoms. The first-order valence-corrected chi connectivity index (χ1v) is 9.36. The minimum absolute atomic E-state index is 0.660. The van der Waals surface area contributed by atoms with Gasteiger partial charge in [-0.2, -0.15) is 4.57 Å². The fourth-order valence-electron chi connectivity index (χ4n) is 4.19. The van der Waals surface area contributed by atoms with E-state index in [1.165, 1.54) is 27.9 Å². The van der Waals surface area contributed by atoms with Gasteiger partial charge in [-0.25, -0.2) is 4.98 Å². The van der Waals surface area contributed by atoms with Gasteiger partial charge in [0.05, 0.1) is 5.56 Å². The van der Waals surface area contributed by atoms with Crippen LogP contribution in [0, 0.1) is 19.8 Å². The predicted molar refractivity (Wildman–Crippen MR) is 104 cm³/mol. The van der Waals surface area contributed by atoms with Crippen molar-refractivity contribution in [2.75, 3.05) is 0 Å². The molecule has 4 aromatic rings. The van der Waals surface area contributed by atoms with Gasteiger partial charge in [-0.15, -0.1) is 0 Å². The zero-order valence-corrected chi connectivity index (χ0v) is 15.8. The Kier molecular flexibility index (Phi) is 3.24. The fourth-order valence-corrected chi connectivity index (χ4v) is 4.19. The molecule has 0 aliphatic carbocycles. The first-order valence-electron chi connectivity index (χ1n) is 9.36. The molecule has 0 N–H and O–H groups in total. The third-order valence-corrected chi connectivity index (χ3v) is 5.44. The molecule has 3 heteroatoms. The number of hydrogen-bond acceptors (Lipinski definition) is 2. The summed E-state index contributed by atoms with van der Waals surface area (Å²) in [5, 5.41) is 2.25. The average molecular weight is 343 g/mol. The molecule has 130 valence electrons. The molecule has 0 amide bonds. The Balaban J connectivity index is 1.77. The quantitative estimate of drug-likeness (QED) is 0.417. The highest BCUT2D eigenvalue weighted by atomic mass is 16.3. The summed E-state index contributed by atoms with van der Waals surface area (Å²) in [6.07, 6.45) is 3.45. The molecule has 0 saturated carbocycles. The van der Waals surface area contributed by atoms with Gasteiger partial charge in [0.2, 0.25) is 11.4 Å². The molecule has 1 aliphatic heterocycles. The Labute approximate surface area is 153 Å². The van der Waals surface area contributed by atoms with Crippen LogP contribution >= 0.6 is 0 Å². The smallest absolute Gasteiger partial charge is 0.227 e. The van der Waals surface area contributed by atoms with E-state index in [2.05, 4.69) is 66.9 Å². The van der Waals surface area contributed by atoms with Gasteiger partial charge in [0.1, 0.15) is 0 Å². The number of fused-ring (bicyclic) bond motifs is 7. The summed E-state index contributed by atoms with van der Waals surface area (Å²) in [5.74, 6) is 0.660. The Morgan fingerprint density at radius 2 is 1.92 bits per heavy atom. The third-order valence-electron chi connectivity index (χ3n) is 5.44. The molecule has 3 nitrogen and oxygen atoms in total. The van der Waals surface area contributed by atoms with Crippen molar-refractivity contribution in [2.24, 2.45) is 5.92 Å². The van der Waals surface area contributed by atoms with Crippen LogP contribution in [0.5, 0.6) is 0 Å². The van der Waals surface area contributed by atoms with Gasteiger partial charge in [-0.1, -0.05) is 19.9 Å². The number of pyridine rings is 2. The van der Waals surface area contributed by atoms with Gasteiger partial charge in [-0.3, -0.25) is 0 Å². The predicted octanol–water partition coefficient (Wildman–Crippen LogP) is 5.11. The summed E-state index contributed by atoms with van der Waals surface area (Å²) >= 11 is 0. The second-order valence-electron chi connectivity index (χ2n) is 7.98. The van der Waals surface area contributed by atoms with Crippen molar-refractivity contribution in [3.63, 3.8) is 0 Å². The normalized spacial score (nSPS) is 13.0. The molecule has 4 heterocycles. The standard InChI is InChI=1S/C23H23N2O/c1-13(2)9-17-12-25-11-16-6-8-18-19-7-5-15(4)24-23(19)26-22(18)21(16)20(25)10-14(17)3/h5-8,10,12-13H,9,11H2,1-4H3/q+1. The van der Waals surface area contributed by atoms with E-state index < -0.39 is 0 Å². The van der Waals surface area contributed by atoms with Crippen LogP contribution in [-0.4, -0.2) is 4.98 Å². The molecule has 0 fully saturated rings. The van der Waals surface area contributed by atoms with E-state index in [9.17, 15) is 0 Å². The van der Waals surface area contributed by atoms with Gasteiger partial charge in [0.25, 0.3) is 0 Å². The van der Waals surface area contributed by atoms with Crippen LogP contribution in [0.2, 0.25) is 0 Å². The van der Waals surface area contributed by atoms with Crippen molar-refractivity contribution in [1.29, 1.82) is 0 Å². The van der Waals surface area contributed by atoms with E-state index in [1.54, 1.807) is 0 Å². The summed E-state index contributed by atoms with van der Waals surface area (Å²) in [6.45, 7) is 9.69. The maximum absolute atomic E-state index is 6.24. The third kappa shape index (κ3) is 2.20. The molecule has 1 aromatic carbocycles. The van der Waals surface area contributed by atoms with E-state index in [-0.39, 0.29) is 0 Å². The topological polar surface area (TPSA) is 29.9 Å². The van der Waals surface area contributed by atoms with E-state index in [4.69, 9.17) is 4.42 Å². The van der Waals surface area contributed by atoms with Gasteiger partial charge in [0, 0.05) is 33.7 Å². The fraction of sp³-hybridized carbons (Fsp3) is 0.304. The number of benzene rings is 1. The minimum Gasteiger partial charge on any atom is -0.437 e. The Bertz CT molecular complexity index is 1180. The van der Waals surface area contributed by atoms with Gasteiger partial charge >= 0.3 is 0 Å². The average Bonchev–Trinajstić information content (AvgIpc) is 3.11. The monoisotopic (exact) mass is 343 g/mol. The molecule has 0 atom stereocenters. The van der Waals surface area contributed by atoms with Crippen molar-refractivity contribution in [2.45, 2.75) is 40.7 Å². The lowest BCUT2D eigenvalue weighted by Crippen LogP contribution is -2.33. The van der Waals surface area contributed by atoms with Crippen LogP contribution in [0.3, 0.4) is 0 Å². The molecular formula is C23H23N2O+. The zero-order chi connectivity index (χ0) is 18.0. The van der Waals surface area contributed by atoms with Crippen LogP contribution in [0.4, 0.5) is 0 Å². The second kappa shape index (κ2) is 5.41. The maximum Gasteiger partial charge on any atom is 0.227 e. The maximum atomic E-state index is 6.24. The highest BCUT2D eigenvalue weighted by molar-refractivity contribution is 6.09. The summed E-state index contributed by atoms with van der Waals surface area (Å²) in [4.78, 5) is 4.59. The van der Waals surface area contributed by atoms with Crippen molar-refractivity contribution in [3.8, 4) is 11.3 Å². The molecule has 26 heavy (non-hydrogen) atoms. The first-order chi connectivity index (χ1) is 12.5. The van der Waals surface area contributed by atoms with Crippen molar-refractivity contribution < 1.29 is 8.98 Å². The summed E-state index contributed by atoms with van der Waals surface area (Å²) < 4.78 is 8.62. The largest absolute Gasteiger partial charge is 0.437 e. The van der Waals surface area contributed by atoms with Crippen LogP contribution in [-0.2, 0) is 13.0 Å². The lowest BCUT2D eigenvalue weighted by atomic mass is 9.98. The van der Waals surface area contributed by atoms with Crippen molar-refractivity contribution in [3.05, 3.63) is 58.9 Å². The molecular weight excluding hydrogens is 320 g/mol. The summed E-state index contributed by atoms with van der Waals surface area (Å²) in [7, 11) is 0. The molecule has 5 rings (SSSR count). The van der Waals surface area contributed by atoms with Gasteiger partial charge in [0.15, 0.2) is 18.3 Å². The van der Waals surface area contributed by atoms with Crippen LogP contribution < -0.4 is 4.57 Å². The number of nitrogens with zero attached hydrogens (tertiary/aromatic N) is 2. The molecule has 3 aromatic heterocycles. The highest BCUT2D eigenvalue weighted by Gasteiger charge is 2.31. The SMILES string of the molecule is Cc1ccc2c(n1)oc1c3c(ccc12)C[n+]1cc(CC(C)C)c(C)cc1-3. The second-order valence-corrected chi connectivity index (χ2v) is 7.98. The van der Waals surface area contributed by atoms with Gasteiger partial charge in [-0.05, 0) is 49.9 Å². The molecule has 0 radical (unpaired) electrons. The lowest BCUT2D eigenvalue weighted by molar-refractivity contribution is -0.672. The molecule has 1 aliphatic rings. The number of aryl methyl sites for hydroxylation is 2. The number of rotatable bonds is 2. The lowest BCUT2D eigenvalue weighted by Gasteiger charge is -2.07. The molecule has 0 saturated heterocycles. The molecule has 0 bridgehead atoms. The van der Waals surface area contributed by atoms with Crippen LogP contribution in [0.1, 0.15) is 36.2 Å². The van der Waals surface area contributed by atoms with E-state index in [1.807, 2.05) is 6.92 Å². The Morgan fingerprint density at radius 3 is 2.73 bits per heavy atom. The molecule has 0 unspecified atom stereocenters. The number of hydrogen-bond donors (Lipinski definition) is 0. The number of aromatic nitrogens is 2. The van der Waals surface area contributed by atoms with E-state index in [0.717, 1.165) is 40.7 Å². The summed E-state index contributed by atoms with van der Waals surface area (Å²) in [5.41, 5.74) is 9.31. The Hall–Kier alpha value is -2.68. The zero-order valence-electron chi connectivity index (χ0n) is 15.8. The first kappa shape index (κ1) is 15.6. The summed E-state index contributed by atoms with van der Waals surface area (Å²) in [6, 6.07) is 10.9. The van der Waals surface area contributed by atoms with Gasteiger partial charge < -0.3 is 4.42 Å². The van der Waals surface area contributed by atoms with Crippen LogP contribution in [0.25, 0.3) is 33.3 Å². The minimum atomic E-state index is 0.660. The van der Waals surface area contributed by atoms with Crippen LogP contribution in [0.15, 0.2) is 40.9 Å². The van der Waals surface area contributed by atoms with Crippen molar-refractivity contribution in [1.82, 2.24) is 4.98 Å². The Morgan fingerprint density at radius 1 is 1.12 bits per heavy atom. The highest BCUT2D eigenvalue weighted by Crippen LogP contribution is 2.39.